The summed E-state index contributed by atoms with van der Waals surface area (Å²) in [6.45, 7) is 6.73. The highest BCUT2D eigenvalue weighted by Gasteiger charge is 2.20. The van der Waals surface area contributed by atoms with Crippen LogP contribution in [0.5, 0.6) is 5.88 Å². The van der Waals surface area contributed by atoms with Crippen LogP contribution in [0.15, 0.2) is 18.3 Å². The first-order valence-corrected chi connectivity index (χ1v) is 7.29. The van der Waals surface area contributed by atoms with E-state index in [1.54, 1.807) is 7.11 Å². The largest absolute Gasteiger partial charge is 0.481 e. The van der Waals surface area contributed by atoms with Crippen molar-refractivity contribution in [3.8, 4) is 5.88 Å². The van der Waals surface area contributed by atoms with E-state index in [-0.39, 0.29) is 0 Å². The molecule has 0 amide bonds. The molecule has 1 aromatic heterocycles. The topological polar surface area (TPSA) is 37.4 Å². The molecular formula is C15H25N3O. The molecule has 2 heterocycles. The molecule has 0 aromatic carbocycles. The molecule has 1 aliphatic rings. The van der Waals surface area contributed by atoms with Gasteiger partial charge in [0.25, 0.3) is 0 Å². The maximum atomic E-state index is 5.20. The highest BCUT2D eigenvalue weighted by Crippen LogP contribution is 2.24. The van der Waals surface area contributed by atoms with E-state index in [1.807, 2.05) is 12.3 Å². The lowest BCUT2D eigenvalue weighted by Crippen LogP contribution is -2.39. The summed E-state index contributed by atoms with van der Waals surface area (Å²) in [5.41, 5.74) is 1.23. The van der Waals surface area contributed by atoms with Crippen molar-refractivity contribution >= 4 is 5.69 Å². The number of methoxy groups -OCH3 is 1. The SMILES string of the molecule is CCCNCC1CCCN(c2ccnc(OC)c2)C1. The van der Waals surface area contributed by atoms with Gasteiger partial charge in [0.15, 0.2) is 0 Å². The highest BCUT2D eigenvalue weighted by atomic mass is 16.5. The van der Waals surface area contributed by atoms with E-state index < -0.39 is 0 Å². The molecule has 4 heteroatoms. The molecule has 0 spiro atoms. The van der Waals surface area contributed by atoms with Crippen LogP contribution < -0.4 is 15.0 Å². The minimum absolute atomic E-state index is 0.698. The van der Waals surface area contributed by atoms with Crippen LogP contribution in [-0.4, -0.2) is 38.3 Å². The quantitative estimate of drug-likeness (QED) is 0.799. The molecule has 0 bridgehead atoms. The summed E-state index contributed by atoms with van der Waals surface area (Å²) in [6.07, 6.45) is 5.63. The fourth-order valence-electron chi connectivity index (χ4n) is 2.66. The number of ether oxygens (including phenoxy) is 1. The molecule has 1 aliphatic heterocycles. The van der Waals surface area contributed by atoms with Crippen LogP contribution in [0.3, 0.4) is 0 Å². The van der Waals surface area contributed by atoms with Crippen molar-refractivity contribution in [1.82, 2.24) is 10.3 Å². The van der Waals surface area contributed by atoms with Gasteiger partial charge in [-0.05, 0) is 44.3 Å². The van der Waals surface area contributed by atoms with E-state index >= 15 is 0 Å². The third kappa shape index (κ3) is 4.10. The Labute approximate surface area is 116 Å². The molecule has 1 fully saturated rings. The molecule has 106 valence electrons. The Kier molecular flexibility index (Phi) is 5.45. The van der Waals surface area contributed by atoms with Crippen LogP contribution in [0.4, 0.5) is 5.69 Å². The molecule has 1 aromatic rings. The fraction of sp³-hybridized carbons (Fsp3) is 0.667. The van der Waals surface area contributed by atoms with Crippen LogP contribution in [0, 0.1) is 5.92 Å². The number of nitrogens with one attached hydrogen (secondary N) is 1. The summed E-state index contributed by atoms with van der Waals surface area (Å²) < 4.78 is 5.20. The summed E-state index contributed by atoms with van der Waals surface area (Å²) in [4.78, 5) is 6.62. The summed E-state index contributed by atoms with van der Waals surface area (Å²) in [6, 6.07) is 4.10. The van der Waals surface area contributed by atoms with Gasteiger partial charge in [0, 0.05) is 31.0 Å². The first-order chi connectivity index (χ1) is 9.33. The molecule has 4 nitrogen and oxygen atoms in total. The Morgan fingerprint density at radius 3 is 3.21 bits per heavy atom. The smallest absolute Gasteiger partial charge is 0.214 e. The molecule has 19 heavy (non-hydrogen) atoms. The highest BCUT2D eigenvalue weighted by molar-refractivity contribution is 5.48. The Bertz CT molecular complexity index is 383. The monoisotopic (exact) mass is 263 g/mol. The second kappa shape index (κ2) is 7.34. The predicted octanol–water partition coefficient (Wildman–Crippen LogP) is 2.31. The van der Waals surface area contributed by atoms with Crippen molar-refractivity contribution in [3.63, 3.8) is 0 Å². The summed E-state index contributed by atoms with van der Waals surface area (Å²) in [7, 11) is 1.67. The van der Waals surface area contributed by atoms with Gasteiger partial charge in [-0.3, -0.25) is 0 Å². The standard InChI is InChI=1S/C15H25N3O/c1-3-7-16-11-13-5-4-9-18(12-13)14-6-8-17-15(10-14)19-2/h6,8,10,13,16H,3-5,7,9,11-12H2,1-2H3. The number of anilines is 1. The van der Waals surface area contributed by atoms with Crippen molar-refractivity contribution in [2.24, 2.45) is 5.92 Å². The van der Waals surface area contributed by atoms with E-state index in [2.05, 4.69) is 28.2 Å². The zero-order chi connectivity index (χ0) is 13.5. The second-order valence-corrected chi connectivity index (χ2v) is 5.21. The van der Waals surface area contributed by atoms with E-state index in [9.17, 15) is 0 Å². The van der Waals surface area contributed by atoms with Gasteiger partial charge in [0.1, 0.15) is 0 Å². The molecular weight excluding hydrogens is 238 g/mol. The number of pyridine rings is 1. The third-order valence-corrected chi connectivity index (χ3v) is 3.67. The zero-order valence-electron chi connectivity index (χ0n) is 12.1. The lowest BCUT2D eigenvalue weighted by Gasteiger charge is -2.34. The van der Waals surface area contributed by atoms with Crippen molar-refractivity contribution in [1.29, 1.82) is 0 Å². The van der Waals surface area contributed by atoms with Gasteiger partial charge in [-0.25, -0.2) is 4.98 Å². The van der Waals surface area contributed by atoms with Crippen LogP contribution >= 0.6 is 0 Å². The molecule has 1 saturated heterocycles. The van der Waals surface area contributed by atoms with Crippen molar-refractivity contribution in [2.45, 2.75) is 26.2 Å². The first-order valence-electron chi connectivity index (χ1n) is 7.29. The second-order valence-electron chi connectivity index (χ2n) is 5.21. The van der Waals surface area contributed by atoms with Crippen LogP contribution in [-0.2, 0) is 0 Å². The van der Waals surface area contributed by atoms with Crippen molar-refractivity contribution < 1.29 is 4.74 Å². The maximum absolute atomic E-state index is 5.20. The normalized spacial score (nSPS) is 19.5. The fourth-order valence-corrected chi connectivity index (χ4v) is 2.66. The molecule has 2 rings (SSSR count). The van der Waals surface area contributed by atoms with E-state index in [0.29, 0.717) is 5.88 Å². The number of hydrogen-bond donors (Lipinski definition) is 1. The Morgan fingerprint density at radius 2 is 2.42 bits per heavy atom. The third-order valence-electron chi connectivity index (χ3n) is 3.67. The van der Waals surface area contributed by atoms with E-state index in [4.69, 9.17) is 4.74 Å². The van der Waals surface area contributed by atoms with Crippen molar-refractivity contribution in [3.05, 3.63) is 18.3 Å². The number of rotatable bonds is 6. The lowest BCUT2D eigenvalue weighted by atomic mass is 9.97. The number of aromatic nitrogens is 1. The number of hydrogen-bond acceptors (Lipinski definition) is 4. The van der Waals surface area contributed by atoms with Gasteiger partial charge in [-0.2, -0.15) is 0 Å². The minimum atomic E-state index is 0.698. The van der Waals surface area contributed by atoms with Crippen molar-refractivity contribution in [2.75, 3.05) is 38.2 Å². The minimum Gasteiger partial charge on any atom is -0.481 e. The lowest BCUT2D eigenvalue weighted by molar-refractivity contribution is 0.388. The van der Waals surface area contributed by atoms with Gasteiger partial charge in [0.2, 0.25) is 5.88 Å². The number of nitrogens with zero attached hydrogens (tertiary/aromatic N) is 2. The van der Waals surface area contributed by atoms with E-state index in [0.717, 1.165) is 32.1 Å². The predicted molar refractivity (Wildman–Crippen MR) is 78.9 cm³/mol. The van der Waals surface area contributed by atoms with Gasteiger partial charge in [-0.15, -0.1) is 0 Å². The average molecular weight is 263 g/mol. The van der Waals surface area contributed by atoms with Crippen LogP contribution in [0.2, 0.25) is 0 Å². The van der Waals surface area contributed by atoms with Gasteiger partial charge in [-0.1, -0.05) is 6.92 Å². The van der Waals surface area contributed by atoms with Gasteiger partial charge < -0.3 is 15.0 Å². The van der Waals surface area contributed by atoms with E-state index in [1.165, 1.54) is 24.9 Å². The van der Waals surface area contributed by atoms with Crippen LogP contribution in [0.25, 0.3) is 0 Å². The molecule has 0 radical (unpaired) electrons. The maximum Gasteiger partial charge on any atom is 0.214 e. The Hall–Kier alpha value is -1.29. The Balaban J connectivity index is 1.92. The average Bonchev–Trinajstić information content (AvgIpc) is 2.48. The molecule has 1 N–H and O–H groups in total. The van der Waals surface area contributed by atoms with Gasteiger partial charge in [0.05, 0.1) is 7.11 Å². The molecule has 1 unspecified atom stereocenters. The van der Waals surface area contributed by atoms with Gasteiger partial charge >= 0.3 is 0 Å². The summed E-state index contributed by atoms with van der Waals surface area (Å²) in [5, 5.41) is 3.54. The zero-order valence-corrected chi connectivity index (χ0v) is 12.1. The number of piperidine rings is 1. The first kappa shape index (κ1) is 14.1. The van der Waals surface area contributed by atoms with Crippen LogP contribution in [0.1, 0.15) is 26.2 Å². The molecule has 0 saturated carbocycles. The Morgan fingerprint density at radius 1 is 1.53 bits per heavy atom. The summed E-state index contributed by atoms with van der Waals surface area (Å²) >= 11 is 0. The molecule has 1 atom stereocenters. The summed E-state index contributed by atoms with van der Waals surface area (Å²) in [5.74, 6) is 1.45. The molecule has 0 aliphatic carbocycles.